The first kappa shape index (κ1) is 18.4. The van der Waals surface area contributed by atoms with E-state index in [0.717, 1.165) is 22.8 Å². The molecular formula is C19H24N2O4. The monoisotopic (exact) mass is 344 g/mol. The summed E-state index contributed by atoms with van der Waals surface area (Å²) >= 11 is 0. The first-order chi connectivity index (χ1) is 12.1. The van der Waals surface area contributed by atoms with E-state index in [1.54, 1.807) is 26.2 Å². The van der Waals surface area contributed by atoms with Crippen LogP contribution in [0.4, 0.5) is 4.79 Å². The van der Waals surface area contributed by atoms with Crippen molar-refractivity contribution in [3.63, 3.8) is 0 Å². The zero-order chi connectivity index (χ0) is 18.1. The van der Waals surface area contributed by atoms with Crippen molar-refractivity contribution in [1.82, 2.24) is 10.2 Å². The molecule has 6 nitrogen and oxygen atoms in total. The maximum Gasteiger partial charge on any atom is 0.317 e. The molecule has 0 bridgehead atoms. The lowest BCUT2D eigenvalue weighted by molar-refractivity contribution is 0.195. The number of benzene rings is 2. The molecule has 2 amide bonds. The van der Waals surface area contributed by atoms with Crippen LogP contribution in [0, 0.1) is 0 Å². The Morgan fingerprint density at radius 1 is 0.920 bits per heavy atom. The van der Waals surface area contributed by atoms with Gasteiger partial charge in [-0.3, -0.25) is 0 Å². The first-order valence-corrected chi connectivity index (χ1v) is 8.01. The highest BCUT2D eigenvalue weighted by Gasteiger charge is 2.08. The topological polar surface area (TPSA) is 60.0 Å². The second-order valence-electron chi connectivity index (χ2n) is 5.45. The van der Waals surface area contributed by atoms with Crippen LogP contribution in [0.3, 0.4) is 0 Å². The van der Waals surface area contributed by atoms with Crippen molar-refractivity contribution >= 4 is 6.03 Å². The zero-order valence-corrected chi connectivity index (χ0v) is 14.8. The average Bonchev–Trinajstić information content (AvgIpc) is 2.66. The van der Waals surface area contributed by atoms with Crippen molar-refractivity contribution in [2.75, 3.05) is 34.4 Å². The maximum absolute atomic E-state index is 12.1. The number of urea groups is 1. The van der Waals surface area contributed by atoms with Crippen molar-refractivity contribution < 1.29 is 19.0 Å². The van der Waals surface area contributed by atoms with Crippen LogP contribution in [0.5, 0.6) is 17.2 Å². The van der Waals surface area contributed by atoms with Crippen LogP contribution in [0.25, 0.3) is 0 Å². The predicted octanol–water partition coefficient (Wildman–Crippen LogP) is 2.92. The van der Waals surface area contributed by atoms with Gasteiger partial charge in [-0.15, -0.1) is 0 Å². The number of likely N-dealkylation sites (N-methyl/N-ethyl adjacent to an activating group) is 1. The lowest BCUT2D eigenvalue weighted by Crippen LogP contribution is -2.39. The lowest BCUT2D eigenvalue weighted by Gasteiger charge is -2.18. The lowest BCUT2D eigenvalue weighted by atomic mass is 10.2. The number of nitrogens with zero attached hydrogens (tertiary/aromatic N) is 1. The minimum atomic E-state index is -0.144. The van der Waals surface area contributed by atoms with Gasteiger partial charge in [-0.05, 0) is 42.0 Å². The SMILES string of the molecule is COc1ccc(CNC(=O)N(C)CCOc2ccc(OC)cc2)cc1. The summed E-state index contributed by atoms with van der Waals surface area (Å²) in [4.78, 5) is 13.7. The van der Waals surface area contributed by atoms with Gasteiger partial charge in [0, 0.05) is 13.6 Å². The number of carbonyl (C=O) groups is 1. The smallest absolute Gasteiger partial charge is 0.317 e. The Bertz CT molecular complexity index is 656. The van der Waals surface area contributed by atoms with E-state index in [2.05, 4.69) is 5.32 Å². The summed E-state index contributed by atoms with van der Waals surface area (Å²) in [6.45, 7) is 1.37. The number of rotatable bonds is 8. The fourth-order valence-corrected chi connectivity index (χ4v) is 2.13. The van der Waals surface area contributed by atoms with Crippen LogP contribution in [-0.4, -0.2) is 45.3 Å². The number of hydrogen-bond acceptors (Lipinski definition) is 4. The van der Waals surface area contributed by atoms with Gasteiger partial charge in [0.05, 0.1) is 20.8 Å². The molecule has 0 radical (unpaired) electrons. The summed E-state index contributed by atoms with van der Waals surface area (Å²) in [7, 11) is 4.98. The molecular weight excluding hydrogens is 320 g/mol. The van der Waals surface area contributed by atoms with Gasteiger partial charge >= 0.3 is 6.03 Å². The van der Waals surface area contributed by atoms with E-state index < -0.39 is 0 Å². The molecule has 0 aliphatic rings. The Kier molecular flexibility index (Phi) is 6.95. The molecule has 2 aromatic rings. The van der Waals surface area contributed by atoms with E-state index >= 15 is 0 Å². The minimum Gasteiger partial charge on any atom is -0.497 e. The van der Waals surface area contributed by atoms with Gasteiger partial charge in [-0.25, -0.2) is 4.79 Å². The molecule has 2 aromatic carbocycles. The van der Waals surface area contributed by atoms with Crippen LogP contribution in [-0.2, 0) is 6.54 Å². The van der Waals surface area contributed by atoms with Crippen LogP contribution in [0.2, 0.25) is 0 Å². The third-order valence-corrected chi connectivity index (χ3v) is 3.70. The molecule has 0 fully saturated rings. The van der Waals surface area contributed by atoms with Gasteiger partial charge in [0.15, 0.2) is 0 Å². The van der Waals surface area contributed by atoms with Crippen LogP contribution in [0.1, 0.15) is 5.56 Å². The fourth-order valence-electron chi connectivity index (χ4n) is 2.13. The molecule has 6 heteroatoms. The van der Waals surface area contributed by atoms with Crippen LogP contribution < -0.4 is 19.5 Å². The van der Waals surface area contributed by atoms with E-state index in [-0.39, 0.29) is 6.03 Å². The minimum absolute atomic E-state index is 0.144. The average molecular weight is 344 g/mol. The van der Waals surface area contributed by atoms with E-state index in [9.17, 15) is 4.79 Å². The van der Waals surface area contributed by atoms with Gasteiger partial charge in [0.1, 0.15) is 23.9 Å². The quantitative estimate of drug-likeness (QED) is 0.800. The normalized spacial score (nSPS) is 10.0. The van der Waals surface area contributed by atoms with Gasteiger partial charge in [-0.2, -0.15) is 0 Å². The van der Waals surface area contributed by atoms with E-state index in [1.165, 1.54) is 0 Å². The molecule has 0 heterocycles. The second kappa shape index (κ2) is 9.42. The number of hydrogen-bond donors (Lipinski definition) is 1. The third kappa shape index (κ3) is 5.91. The van der Waals surface area contributed by atoms with Crippen molar-refractivity contribution in [1.29, 1.82) is 0 Å². The molecule has 0 aromatic heterocycles. The Morgan fingerprint density at radius 3 is 2.00 bits per heavy atom. The number of methoxy groups -OCH3 is 2. The molecule has 0 saturated heterocycles. The van der Waals surface area contributed by atoms with Crippen molar-refractivity contribution in [2.24, 2.45) is 0 Å². The summed E-state index contributed by atoms with van der Waals surface area (Å²) in [6.07, 6.45) is 0. The molecule has 0 aliphatic carbocycles. The zero-order valence-electron chi connectivity index (χ0n) is 14.8. The maximum atomic E-state index is 12.1. The van der Waals surface area contributed by atoms with Gasteiger partial charge in [0.25, 0.3) is 0 Å². The summed E-state index contributed by atoms with van der Waals surface area (Å²) < 4.78 is 15.8. The molecule has 0 atom stereocenters. The Hall–Kier alpha value is -2.89. The number of nitrogens with one attached hydrogen (secondary N) is 1. The molecule has 1 N–H and O–H groups in total. The number of ether oxygens (including phenoxy) is 3. The largest absolute Gasteiger partial charge is 0.497 e. The van der Waals surface area contributed by atoms with Gasteiger partial charge < -0.3 is 24.4 Å². The number of carbonyl (C=O) groups excluding carboxylic acids is 1. The van der Waals surface area contributed by atoms with Crippen molar-refractivity contribution in [2.45, 2.75) is 6.54 Å². The molecule has 0 unspecified atom stereocenters. The van der Waals surface area contributed by atoms with Crippen LogP contribution in [0.15, 0.2) is 48.5 Å². The number of amides is 2. The van der Waals surface area contributed by atoms with Crippen molar-refractivity contribution in [3.05, 3.63) is 54.1 Å². The highest BCUT2D eigenvalue weighted by atomic mass is 16.5. The molecule has 2 rings (SSSR count). The van der Waals surface area contributed by atoms with Crippen LogP contribution >= 0.6 is 0 Å². The fraction of sp³-hybridized carbons (Fsp3) is 0.316. The van der Waals surface area contributed by atoms with E-state index in [0.29, 0.717) is 19.7 Å². The molecule has 25 heavy (non-hydrogen) atoms. The Morgan fingerprint density at radius 2 is 1.44 bits per heavy atom. The molecule has 0 aliphatic heterocycles. The van der Waals surface area contributed by atoms with Crippen molar-refractivity contribution in [3.8, 4) is 17.2 Å². The summed E-state index contributed by atoms with van der Waals surface area (Å²) in [5.41, 5.74) is 1.01. The van der Waals surface area contributed by atoms with E-state index in [4.69, 9.17) is 14.2 Å². The predicted molar refractivity (Wildman–Crippen MR) is 96.3 cm³/mol. The second-order valence-corrected chi connectivity index (χ2v) is 5.45. The highest BCUT2D eigenvalue weighted by Crippen LogP contribution is 2.16. The third-order valence-electron chi connectivity index (χ3n) is 3.70. The molecule has 0 spiro atoms. The molecule has 134 valence electrons. The first-order valence-electron chi connectivity index (χ1n) is 8.01. The van der Waals surface area contributed by atoms with Gasteiger partial charge in [-0.1, -0.05) is 12.1 Å². The van der Waals surface area contributed by atoms with Gasteiger partial charge in [0.2, 0.25) is 0 Å². The van der Waals surface area contributed by atoms with E-state index in [1.807, 2.05) is 48.5 Å². The Balaban J connectivity index is 1.70. The molecule has 0 saturated carbocycles. The summed E-state index contributed by atoms with van der Waals surface area (Å²) in [6, 6.07) is 14.8. The highest BCUT2D eigenvalue weighted by molar-refractivity contribution is 5.73. The Labute approximate surface area is 148 Å². The standard InChI is InChI=1S/C19H24N2O4/c1-21(12-13-25-18-10-8-17(24-3)9-11-18)19(22)20-14-15-4-6-16(23-2)7-5-15/h4-11H,12-14H2,1-3H3,(H,20,22). The summed E-state index contributed by atoms with van der Waals surface area (Å²) in [5, 5.41) is 2.87. The summed E-state index contributed by atoms with van der Waals surface area (Å²) in [5.74, 6) is 2.32.